The minimum Gasteiger partial charge on any atom is -0.507 e. The quantitative estimate of drug-likeness (QED) is 0.801. The van der Waals surface area contributed by atoms with Gasteiger partial charge in [-0.15, -0.1) is 12.4 Å². The molecular formula is C10H16BrClN2O. The number of halogens is 2. The first-order valence-corrected chi connectivity index (χ1v) is 5.30. The molecule has 0 heterocycles. The van der Waals surface area contributed by atoms with Crippen molar-refractivity contribution in [3.63, 3.8) is 0 Å². The lowest BCUT2D eigenvalue weighted by Gasteiger charge is -2.14. The number of hydrogen-bond acceptors (Lipinski definition) is 3. The van der Waals surface area contributed by atoms with Crippen molar-refractivity contribution >= 4 is 28.3 Å². The Morgan fingerprint density at radius 2 is 2.07 bits per heavy atom. The van der Waals surface area contributed by atoms with Crippen LogP contribution in [0.4, 0.5) is 0 Å². The van der Waals surface area contributed by atoms with Crippen molar-refractivity contribution in [3.8, 4) is 5.75 Å². The molecule has 0 saturated heterocycles. The van der Waals surface area contributed by atoms with Gasteiger partial charge in [-0.3, -0.25) is 0 Å². The first-order valence-electron chi connectivity index (χ1n) is 4.51. The zero-order chi connectivity index (χ0) is 10.7. The summed E-state index contributed by atoms with van der Waals surface area (Å²) in [7, 11) is 0. The summed E-state index contributed by atoms with van der Waals surface area (Å²) in [5.74, 6) is 0.272. The summed E-state index contributed by atoms with van der Waals surface area (Å²) in [5.41, 5.74) is 12.9. The van der Waals surface area contributed by atoms with Gasteiger partial charge >= 0.3 is 0 Å². The predicted molar refractivity (Wildman–Crippen MR) is 68.4 cm³/mol. The SMILES string of the molecule is Cc1cc(Br)cc([C@H](N)CCN)c1O.Cl. The molecule has 0 aliphatic rings. The van der Waals surface area contributed by atoms with E-state index in [1.807, 2.05) is 19.1 Å². The molecule has 0 aromatic heterocycles. The van der Waals surface area contributed by atoms with Gasteiger partial charge in [-0.2, -0.15) is 0 Å². The normalized spacial score (nSPS) is 12.0. The van der Waals surface area contributed by atoms with Gasteiger partial charge in [0.1, 0.15) is 5.75 Å². The molecule has 0 unspecified atom stereocenters. The summed E-state index contributed by atoms with van der Waals surface area (Å²) in [6.07, 6.45) is 0.670. The Bertz CT molecular complexity index is 333. The van der Waals surface area contributed by atoms with Gasteiger partial charge in [0, 0.05) is 16.1 Å². The number of aromatic hydroxyl groups is 1. The summed E-state index contributed by atoms with van der Waals surface area (Å²) in [4.78, 5) is 0. The van der Waals surface area contributed by atoms with Gasteiger partial charge in [0.05, 0.1) is 0 Å². The van der Waals surface area contributed by atoms with E-state index in [4.69, 9.17) is 11.5 Å². The molecule has 0 radical (unpaired) electrons. The lowest BCUT2D eigenvalue weighted by atomic mass is 10.0. The fourth-order valence-electron chi connectivity index (χ4n) is 1.38. The number of phenols is 1. The Kier molecular flexibility index (Phi) is 6.20. The van der Waals surface area contributed by atoms with Crippen molar-refractivity contribution in [1.82, 2.24) is 0 Å². The van der Waals surface area contributed by atoms with Crippen LogP contribution in [0.25, 0.3) is 0 Å². The molecule has 86 valence electrons. The maximum absolute atomic E-state index is 9.78. The highest BCUT2D eigenvalue weighted by Crippen LogP contribution is 2.31. The number of phenolic OH excluding ortho intramolecular Hbond substituents is 1. The van der Waals surface area contributed by atoms with E-state index in [1.165, 1.54) is 0 Å². The van der Waals surface area contributed by atoms with E-state index >= 15 is 0 Å². The predicted octanol–water partition coefficient (Wildman–Crippen LogP) is 2.23. The van der Waals surface area contributed by atoms with Crippen molar-refractivity contribution in [3.05, 3.63) is 27.7 Å². The molecule has 0 fully saturated rings. The van der Waals surface area contributed by atoms with Crippen LogP contribution >= 0.6 is 28.3 Å². The average molecular weight is 296 g/mol. The van der Waals surface area contributed by atoms with E-state index in [0.717, 1.165) is 15.6 Å². The molecule has 3 nitrogen and oxygen atoms in total. The first-order chi connectivity index (χ1) is 6.56. The van der Waals surface area contributed by atoms with Gasteiger partial charge in [0.25, 0.3) is 0 Å². The molecule has 5 N–H and O–H groups in total. The molecule has 0 amide bonds. The topological polar surface area (TPSA) is 72.3 Å². The zero-order valence-electron chi connectivity index (χ0n) is 8.53. The monoisotopic (exact) mass is 294 g/mol. The summed E-state index contributed by atoms with van der Waals surface area (Å²) in [6.45, 7) is 2.37. The van der Waals surface area contributed by atoms with Crippen LogP contribution in [0.3, 0.4) is 0 Å². The van der Waals surface area contributed by atoms with Crippen LogP contribution in [0.1, 0.15) is 23.6 Å². The number of benzene rings is 1. The van der Waals surface area contributed by atoms with Crippen LogP contribution in [0, 0.1) is 6.92 Å². The van der Waals surface area contributed by atoms with E-state index in [2.05, 4.69) is 15.9 Å². The molecule has 1 aromatic carbocycles. The van der Waals surface area contributed by atoms with Crippen LogP contribution in [0.15, 0.2) is 16.6 Å². The van der Waals surface area contributed by atoms with E-state index in [0.29, 0.717) is 13.0 Å². The number of rotatable bonds is 3. The highest BCUT2D eigenvalue weighted by atomic mass is 79.9. The van der Waals surface area contributed by atoms with Crippen LogP contribution < -0.4 is 11.5 Å². The van der Waals surface area contributed by atoms with Gasteiger partial charge in [-0.25, -0.2) is 0 Å². The highest BCUT2D eigenvalue weighted by Gasteiger charge is 2.12. The summed E-state index contributed by atoms with van der Waals surface area (Å²) in [6, 6.07) is 3.49. The van der Waals surface area contributed by atoms with Crippen LogP contribution in [0.5, 0.6) is 5.75 Å². The molecule has 0 aliphatic heterocycles. The van der Waals surface area contributed by atoms with Crippen molar-refractivity contribution in [2.24, 2.45) is 11.5 Å². The minimum absolute atomic E-state index is 0. The molecule has 1 atom stereocenters. The van der Waals surface area contributed by atoms with Gasteiger partial charge in [-0.1, -0.05) is 15.9 Å². The lowest BCUT2D eigenvalue weighted by Crippen LogP contribution is -2.15. The molecule has 0 spiro atoms. The Morgan fingerprint density at radius 1 is 1.47 bits per heavy atom. The Hall–Kier alpha value is -0.290. The summed E-state index contributed by atoms with van der Waals surface area (Å²) < 4.78 is 0.926. The zero-order valence-corrected chi connectivity index (χ0v) is 10.9. The van der Waals surface area contributed by atoms with Crippen molar-refractivity contribution in [2.75, 3.05) is 6.54 Å². The third-order valence-corrected chi connectivity index (χ3v) is 2.63. The maximum Gasteiger partial charge on any atom is 0.123 e. The smallest absolute Gasteiger partial charge is 0.123 e. The standard InChI is InChI=1S/C10H15BrN2O.ClH/c1-6-4-7(11)5-8(10(6)14)9(13)2-3-12;/h4-5,9,14H,2-3,12-13H2,1H3;1H/t9-;/m1./s1. The Morgan fingerprint density at radius 3 is 2.60 bits per heavy atom. The Labute approximate surface area is 104 Å². The van der Waals surface area contributed by atoms with Crippen LogP contribution in [0.2, 0.25) is 0 Å². The third-order valence-electron chi connectivity index (χ3n) is 2.17. The average Bonchev–Trinajstić information content (AvgIpc) is 2.11. The second-order valence-corrected chi connectivity index (χ2v) is 4.26. The van der Waals surface area contributed by atoms with Crippen LogP contribution in [-0.4, -0.2) is 11.7 Å². The second kappa shape index (κ2) is 6.33. The van der Waals surface area contributed by atoms with Crippen LogP contribution in [-0.2, 0) is 0 Å². The largest absolute Gasteiger partial charge is 0.507 e. The van der Waals surface area contributed by atoms with Crippen molar-refractivity contribution in [2.45, 2.75) is 19.4 Å². The third kappa shape index (κ3) is 3.65. The second-order valence-electron chi connectivity index (χ2n) is 3.34. The van der Waals surface area contributed by atoms with Gasteiger partial charge < -0.3 is 16.6 Å². The summed E-state index contributed by atoms with van der Waals surface area (Å²) >= 11 is 3.37. The van der Waals surface area contributed by atoms with E-state index in [1.54, 1.807) is 0 Å². The fraction of sp³-hybridized carbons (Fsp3) is 0.400. The van der Waals surface area contributed by atoms with E-state index in [9.17, 15) is 5.11 Å². The van der Waals surface area contributed by atoms with E-state index in [-0.39, 0.29) is 24.2 Å². The molecule has 0 bridgehead atoms. The minimum atomic E-state index is -0.198. The van der Waals surface area contributed by atoms with Gasteiger partial charge in [0.2, 0.25) is 0 Å². The lowest BCUT2D eigenvalue weighted by molar-refractivity contribution is 0.455. The van der Waals surface area contributed by atoms with E-state index < -0.39 is 0 Å². The summed E-state index contributed by atoms with van der Waals surface area (Å²) in [5, 5.41) is 9.78. The van der Waals surface area contributed by atoms with Crippen molar-refractivity contribution in [1.29, 1.82) is 0 Å². The number of hydrogen-bond donors (Lipinski definition) is 3. The van der Waals surface area contributed by atoms with Gasteiger partial charge in [-0.05, 0) is 37.6 Å². The fourth-order valence-corrected chi connectivity index (χ4v) is 1.97. The molecular weight excluding hydrogens is 279 g/mol. The van der Waals surface area contributed by atoms with Gasteiger partial charge in [0.15, 0.2) is 0 Å². The van der Waals surface area contributed by atoms with Crippen molar-refractivity contribution < 1.29 is 5.11 Å². The molecule has 5 heteroatoms. The Balaban J connectivity index is 0.00000196. The maximum atomic E-state index is 9.78. The molecule has 0 aliphatic carbocycles. The number of nitrogens with two attached hydrogens (primary N) is 2. The molecule has 1 aromatic rings. The molecule has 1 rings (SSSR count). The number of aryl methyl sites for hydroxylation is 1. The molecule has 15 heavy (non-hydrogen) atoms. The molecule has 0 saturated carbocycles. The highest BCUT2D eigenvalue weighted by molar-refractivity contribution is 9.10. The first kappa shape index (κ1) is 14.7.